The van der Waals surface area contributed by atoms with Gasteiger partial charge >= 0.3 is 5.97 Å². The zero-order valence-corrected chi connectivity index (χ0v) is 12.0. The Bertz CT molecular complexity index is 652. The number of nitrogens with zero attached hydrogens (tertiary/aromatic N) is 3. The second kappa shape index (κ2) is 5.96. The predicted octanol–water partition coefficient (Wildman–Crippen LogP) is 1.87. The second-order valence-corrected chi connectivity index (χ2v) is 5.93. The third-order valence-corrected chi connectivity index (χ3v) is 4.13. The summed E-state index contributed by atoms with van der Waals surface area (Å²) in [5, 5.41) is 13.2. The van der Waals surface area contributed by atoms with Crippen LogP contribution in [0.3, 0.4) is 0 Å². The van der Waals surface area contributed by atoms with E-state index in [1.807, 2.05) is 13.8 Å². The van der Waals surface area contributed by atoms with Crippen LogP contribution >= 0.6 is 0 Å². The molecule has 20 heavy (non-hydrogen) atoms. The fourth-order valence-corrected chi connectivity index (χ4v) is 3.07. The quantitative estimate of drug-likeness (QED) is 0.909. The van der Waals surface area contributed by atoms with E-state index in [0.29, 0.717) is 10.7 Å². The van der Waals surface area contributed by atoms with E-state index >= 15 is 0 Å². The third kappa shape index (κ3) is 2.93. The summed E-state index contributed by atoms with van der Waals surface area (Å²) in [5.41, 5.74) is 0.0569. The second-order valence-electron chi connectivity index (χ2n) is 4.51. The highest BCUT2D eigenvalue weighted by molar-refractivity contribution is 7.84. The Balaban J connectivity index is 2.29. The first-order chi connectivity index (χ1) is 9.50. The number of hydrogen-bond donors (Lipinski definition) is 1. The zero-order chi connectivity index (χ0) is 14.7. The van der Waals surface area contributed by atoms with Gasteiger partial charge in [0.05, 0.1) is 27.0 Å². The molecule has 1 unspecified atom stereocenters. The van der Waals surface area contributed by atoms with Gasteiger partial charge in [0, 0.05) is 6.04 Å². The lowest BCUT2D eigenvalue weighted by atomic mass is 10.2. The maximum absolute atomic E-state index is 12.4. The summed E-state index contributed by atoms with van der Waals surface area (Å²) in [5.74, 6) is -0.361. The Morgan fingerprint density at radius 2 is 2.10 bits per heavy atom. The van der Waals surface area contributed by atoms with Crippen molar-refractivity contribution in [1.29, 1.82) is 0 Å². The molecule has 0 radical (unpaired) electrons. The van der Waals surface area contributed by atoms with Crippen molar-refractivity contribution in [2.75, 3.05) is 0 Å². The van der Waals surface area contributed by atoms with Gasteiger partial charge in [-0.05, 0) is 26.0 Å². The molecule has 1 heterocycles. The van der Waals surface area contributed by atoms with Gasteiger partial charge < -0.3 is 5.11 Å². The first kappa shape index (κ1) is 14.4. The highest BCUT2D eigenvalue weighted by Crippen LogP contribution is 2.17. The van der Waals surface area contributed by atoms with E-state index in [0.717, 1.165) is 0 Å². The molecule has 1 N–H and O–H groups in total. The minimum Gasteiger partial charge on any atom is -0.478 e. The van der Waals surface area contributed by atoms with Crippen LogP contribution in [0.5, 0.6) is 0 Å². The molecule has 1 aromatic heterocycles. The molecule has 0 aliphatic rings. The van der Waals surface area contributed by atoms with Crippen molar-refractivity contribution >= 4 is 16.8 Å². The maximum Gasteiger partial charge on any atom is 0.336 e. The highest BCUT2D eigenvalue weighted by Gasteiger charge is 2.17. The van der Waals surface area contributed by atoms with E-state index < -0.39 is 16.8 Å². The van der Waals surface area contributed by atoms with Gasteiger partial charge in [-0.2, -0.15) is 5.10 Å². The van der Waals surface area contributed by atoms with Crippen molar-refractivity contribution < 1.29 is 14.1 Å². The lowest BCUT2D eigenvalue weighted by Gasteiger charge is -2.10. The van der Waals surface area contributed by atoms with Crippen molar-refractivity contribution in [3.05, 3.63) is 42.0 Å². The Hall–Kier alpha value is -2.02. The highest BCUT2D eigenvalue weighted by atomic mass is 32.2. The monoisotopic (exact) mass is 293 g/mol. The smallest absolute Gasteiger partial charge is 0.336 e. The largest absolute Gasteiger partial charge is 0.478 e. The fourth-order valence-electron chi connectivity index (χ4n) is 1.85. The van der Waals surface area contributed by atoms with Crippen molar-refractivity contribution in [3.63, 3.8) is 0 Å². The van der Waals surface area contributed by atoms with E-state index in [1.165, 1.54) is 12.4 Å². The van der Waals surface area contributed by atoms with Crippen LogP contribution in [0.1, 0.15) is 36.1 Å². The van der Waals surface area contributed by atoms with Crippen LogP contribution in [0, 0.1) is 0 Å². The molecular weight excluding hydrogens is 278 g/mol. The number of aromatic nitrogens is 3. The van der Waals surface area contributed by atoms with Crippen LogP contribution < -0.4 is 0 Å². The van der Waals surface area contributed by atoms with Crippen molar-refractivity contribution in [1.82, 2.24) is 14.8 Å². The number of carboxylic acid groups (broad SMARTS) is 1. The minimum atomic E-state index is -1.48. The number of aromatic carboxylic acids is 1. The van der Waals surface area contributed by atoms with Gasteiger partial charge in [-0.1, -0.05) is 12.1 Å². The van der Waals surface area contributed by atoms with E-state index in [1.54, 1.807) is 22.9 Å². The summed E-state index contributed by atoms with van der Waals surface area (Å²) in [6.07, 6.45) is 1.41. The molecule has 0 saturated carbocycles. The Morgan fingerprint density at radius 1 is 1.40 bits per heavy atom. The number of carboxylic acids is 1. The molecule has 0 bridgehead atoms. The van der Waals surface area contributed by atoms with E-state index in [4.69, 9.17) is 5.11 Å². The number of rotatable bonds is 5. The number of hydrogen-bond acceptors (Lipinski definition) is 4. The Kier molecular flexibility index (Phi) is 4.29. The standard InChI is InChI=1S/C13H15N3O3S/c1-9(2)16-12(14-8-15-16)7-20(19)11-6-4-3-5-10(11)13(17)18/h3-6,8-9H,7H2,1-2H3,(H,17,18). The summed E-state index contributed by atoms with van der Waals surface area (Å²) >= 11 is 0. The molecule has 1 aromatic carbocycles. The van der Waals surface area contributed by atoms with Crippen LogP contribution in [0.2, 0.25) is 0 Å². The minimum absolute atomic E-state index is 0.0569. The van der Waals surface area contributed by atoms with Gasteiger partial charge in [0.2, 0.25) is 0 Å². The third-order valence-electron chi connectivity index (χ3n) is 2.76. The average molecular weight is 293 g/mol. The first-order valence-electron chi connectivity index (χ1n) is 6.09. The van der Waals surface area contributed by atoms with E-state index in [2.05, 4.69) is 10.1 Å². The summed E-state index contributed by atoms with van der Waals surface area (Å²) in [6.45, 7) is 3.90. The summed E-state index contributed by atoms with van der Waals surface area (Å²) in [7, 11) is -1.48. The van der Waals surface area contributed by atoms with Crippen LogP contribution in [0.4, 0.5) is 0 Å². The lowest BCUT2D eigenvalue weighted by molar-refractivity contribution is 0.0693. The first-order valence-corrected chi connectivity index (χ1v) is 7.41. The van der Waals surface area contributed by atoms with Crippen molar-refractivity contribution in [3.8, 4) is 0 Å². The lowest BCUT2D eigenvalue weighted by Crippen LogP contribution is -2.12. The van der Waals surface area contributed by atoms with Gasteiger partial charge in [-0.3, -0.25) is 4.21 Å². The Labute approximate surface area is 118 Å². The van der Waals surface area contributed by atoms with Crippen molar-refractivity contribution in [2.45, 2.75) is 30.5 Å². The van der Waals surface area contributed by atoms with Crippen LogP contribution in [-0.4, -0.2) is 30.0 Å². The molecule has 0 aliphatic heterocycles. The van der Waals surface area contributed by atoms with Gasteiger partial charge in [0.25, 0.3) is 0 Å². The molecule has 2 rings (SSSR count). The summed E-state index contributed by atoms with van der Waals surface area (Å²) in [6, 6.07) is 6.41. The van der Waals surface area contributed by atoms with Crippen molar-refractivity contribution in [2.24, 2.45) is 0 Å². The molecule has 6 nitrogen and oxygen atoms in total. The van der Waals surface area contributed by atoms with Crippen LogP contribution in [0.15, 0.2) is 35.5 Å². The SMILES string of the molecule is CC(C)n1ncnc1CS(=O)c1ccccc1C(=O)O. The van der Waals surface area contributed by atoms with Crippen LogP contribution in [0.25, 0.3) is 0 Å². The predicted molar refractivity (Wildman–Crippen MR) is 73.9 cm³/mol. The molecule has 106 valence electrons. The molecule has 2 aromatic rings. The molecule has 1 atom stereocenters. The zero-order valence-electron chi connectivity index (χ0n) is 11.2. The molecule has 0 fully saturated rings. The van der Waals surface area contributed by atoms with E-state index in [-0.39, 0.29) is 17.4 Å². The van der Waals surface area contributed by atoms with Gasteiger partial charge in [0.15, 0.2) is 0 Å². The molecular formula is C13H15N3O3S. The Morgan fingerprint density at radius 3 is 2.75 bits per heavy atom. The molecule has 0 spiro atoms. The van der Waals surface area contributed by atoms with E-state index in [9.17, 15) is 9.00 Å². The molecule has 7 heteroatoms. The van der Waals surface area contributed by atoms with Gasteiger partial charge in [-0.25, -0.2) is 14.5 Å². The number of carbonyl (C=O) groups is 1. The molecule has 0 saturated heterocycles. The topological polar surface area (TPSA) is 85.1 Å². The van der Waals surface area contributed by atoms with Crippen LogP contribution in [-0.2, 0) is 16.6 Å². The normalized spacial score (nSPS) is 12.6. The fraction of sp³-hybridized carbons (Fsp3) is 0.308. The average Bonchev–Trinajstić information content (AvgIpc) is 2.87. The van der Waals surface area contributed by atoms with Gasteiger partial charge in [0.1, 0.15) is 12.2 Å². The molecule has 0 amide bonds. The van der Waals surface area contributed by atoms with Gasteiger partial charge in [-0.15, -0.1) is 0 Å². The summed E-state index contributed by atoms with van der Waals surface area (Å²) in [4.78, 5) is 15.5. The summed E-state index contributed by atoms with van der Waals surface area (Å²) < 4.78 is 14.1. The number of benzene rings is 1. The molecule has 0 aliphatic carbocycles. The maximum atomic E-state index is 12.4.